The minimum atomic E-state index is -0.558. The molecule has 0 aliphatic rings. The zero-order chi connectivity index (χ0) is 23.6. The first-order chi connectivity index (χ1) is 15.9. The molecule has 33 heavy (non-hydrogen) atoms. The molecule has 0 spiro atoms. The van der Waals surface area contributed by atoms with Crippen LogP contribution >= 0.6 is 23.4 Å². The molecular weight excluding hydrogens is 466 g/mol. The van der Waals surface area contributed by atoms with Gasteiger partial charge in [-0.25, -0.2) is 0 Å². The Morgan fingerprint density at radius 3 is 2.27 bits per heavy atom. The van der Waals surface area contributed by atoms with E-state index in [-0.39, 0.29) is 24.6 Å². The van der Waals surface area contributed by atoms with Gasteiger partial charge < -0.3 is 19.9 Å². The molecule has 0 unspecified atom stereocenters. The molecule has 0 atom stereocenters. The summed E-state index contributed by atoms with van der Waals surface area (Å²) in [6.07, 6.45) is 0.487. The number of aryl methyl sites for hydroxylation is 1. The Hall–Kier alpha value is -3.30. The highest BCUT2D eigenvalue weighted by Gasteiger charge is 2.11. The van der Waals surface area contributed by atoms with Crippen molar-refractivity contribution >= 4 is 52.7 Å². The Labute approximate surface area is 200 Å². The summed E-state index contributed by atoms with van der Waals surface area (Å²) < 4.78 is 9.73. The largest absolute Gasteiger partial charge is 0.456 e. The van der Waals surface area contributed by atoms with Gasteiger partial charge in [0.25, 0.3) is 5.91 Å². The molecule has 0 saturated carbocycles. The maximum Gasteiger partial charge on any atom is 0.306 e. The molecule has 172 valence electrons. The molecule has 2 N–H and O–H groups in total. The fourth-order valence-electron chi connectivity index (χ4n) is 2.68. The first-order valence-corrected chi connectivity index (χ1v) is 11.3. The van der Waals surface area contributed by atoms with Gasteiger partial charge >= 0.3 is 5.97 Å². The van der Waals surface area contributed by atoms with Crippen molar-refractivity contribution in [2.24, 2.45) is 0 Å². The number of benzene rings is 2. The molecule has 10 heteroatoms. The zero-order valence-electron chi connectivity index (χ0n) is 17.8. The summed E-state index contributed by atoms with van der Waals surface area (Å²) in [5.41, 5.74) is 0.669. The quantitative estimate of drug-likeness (QED) is 0.384. The molecule has 0 aliphatic heterocycles. The van der Waals surface area contributed by atoms with Crippen molar-refractivity contribution < 1.29 is 23.6 Å². The SMILES string of the molecule is Cc1cc(NC(=O)COC(=O)CCCC(=O)Nc2ccc(Sc3ccc(Cl)cc3)cc2)no1. The van der Waals surface area contributed by atoms with E-state index in [0.717, 1.165) is 9.79 Å². The Morgan fingerprint density at radius 2 is 1.64 bits per heavy atom. The van der Waals surface area contributed by atoms with Crippen molar-refractivity contribution in [1.29, 1.82) is 0 Å². The highest BCUT2D eigenvalue weighted by Crippen LogP contribution is 2.29. The maximum absolute atomic E-state index is 12.1. The Balaban J connectivity index is 1.32. The van der Waals surface area contributed by atoms with Crippen LogP contribution in [-0.4, -0.2) is 29.5 Å². The van der Waals surface area contributed by atoms with Gasteiger partial charge in [0.05, 0.1) is 0 Å². The van der Waals surface area contributed by atoms with Crippen molar-refractivity contribution in [1.82, 2.24) is 5.16 Å². The highest BCUT2D eigenvalue weighted by molar-refractivity contribution is 7.99. The first kappa shape index (κ1) is 24.3. The van der Waals surface area contributed by atoms with Crippen molar-refractivity contribution in [2.45, 2.75) is 36.0 Å². The van der Waals surface area contributed by atoms with Crippen molar-refractivity contribution in [3.8, 4) is 0 Å². The Kier molecular flexibility index (Phi) is 8.91. The number of anilines is 2. The average Bonchev–Trinajstić information content (AvgIpc) is 3.19. The Morgan fingerprint density at radius 1 is 0.970 bits per heavy atom. The molecule has 2 aromatic carbocycles. The number of carbonyl (C=O) groups excluding carboxylic acids is 3. The van der Waals surface area contributed by atoms with Crippen LogP contribution in [0.5, 0.6) is 0 Å². The third kappa shape index (κ3) is 8.63. The highest BCUT2D eigenvalue weighted by atomic mass is 35.5. The van der Waals surface area contributed by atoms with Crippen molar-refractivity contribution in [2.75, 3.05) is 17.2 Å². The number of amides is 2. The van der Waals surface area contributed by atoms with Gasteiger partial charge in [0.15, 0.2) is 12.4 Å². The molecule has 0 saturated heterocycles. The Bertz CT molecular complexity index is 1100. The molecule has 3 rings (SSSR count). The van der Waals surface area contributed by atoms with E-state index in [1.807, 2.05) is 48.5 Å². The number of rotatable bonds is 10. The van der Waals surface area contributed by atoms with Crippen molar-refractivity contribution in [3.05, 3.63) is 65.4 Å². The molecule has 0 fully saturated rings. The molecular formula is C23H22ClN3O5S. The second-order valence-corrected chi connectivity index (χ2v) is 8.60. The zero-order valence-corrected chi connectivity index (χ0v) is 19.4. The van der Waals surface area contributed by atoms with Crippen LogP contribution in [0.1, 0.15) is 25.0 Å². The molecule has 2 amide bonds. The number of nitrogens with one attached hydrogen (secondary N) is 2. The minimum absolute atomic E-state index is 0.0282. The lowest BCUT2D eigenvalue weighted by molar-refractivity contribution is -0.147. The number of halogens is 1. The number of aromatic nitrogens is 1. The summed E-state index contributed by atoms with van der Waals surface area (Å²) in [5.74, 6) is -0.486. The maximum atomic E-state index is 12.1. The van der Waals surface area contributed by atoms with E-state index in [1.165, 1.54) is 0 Å². The molecule has 0 radical (unpaired) electrons. The summed E-state index contributed by atoms with van der Waals surface area (Å²) >= 11 is 7.49. The van der Waals surface area contributed by atoms with Crippen LogP contribution in [0.4, 0.5) is 11.5 Å². The minimum Gasteiger partial charge on any atom is -0.456 e. The molecule has 1 heterocycles. The van der Waals surface area contributed by atoms with E-state index in [1.54, 1.807) is 24.8 Å². The fourth-order valence-corrected chi connectivity index (χ4v) is 3.63. The van der Waals surface area contributed by atoms with Crippen LogP contribution in [0, 0.1) is 6.92 Å². The molecule has 3 aromatic rings. The standard InChI is InChI=1S/C23H22ClN3O5S/c1-15-13-20(27-32-15)26-22(29)14-31-23(30)4-2-3-21(28)25-17-7-11-19(12-8-17)33-18-9-5-16(24)6-10-18/h5-13H,2-4,14H2,1H3,(H,25,28)(H,26,27,29). The van der Waals surface area contributed by atoms with Crippen LogP contribution in [0.25, 0.3) is 0 Å². The normalized spacial score (nSPS) is 10.5. The van der Waals surface area contributed by atoms with Crippen molar-refractivity contribution in [3.63, 3.8) is 0 Å². The lowest BCUT2D eigenvalue weighted by Gasteiger charge is -2.07. The van der Waals surface area contributed by atoms with Crippen LogP contribution < -0.4 is 10.6 Å². The lowest BCUT2D eigenvalue weighted by Crippen LogP contribution is -2.21. The van der Waals surface area contributed by atoms with Gasteiger partial charge in [-0.1, -0.05) is 28.5 Å². The lowest BCUT2D eigenvalue weighted by atomic mass is 10.2. The van der Waals surface area contributed by atoms with Gasteiger partial charge in [-0.15, -0.1) is 0 Å². The predicted octanol–water partition coefficient (Wildman–Crippen LogP) is 5.08. The molecule has 1 aromatic heterocycles. The topological polar surface area (TPSA) is 111 Å². The van der Waals surface area contributed by atoms with E-state index in [0.29, 0.717) is 22.9 Å². The monoisotopic (exact) mass is 487 g/mol. The van der Waals surface area contributed by atoms with Crippen LogP contribution in [0.3, 0.4) is 0 Å². The molecule has 8 nitrogen and oxygen atoms in total. The van der Waals surface area contributed by atoms with Crippen LogP contribution in [0.2, 0.25) is 5.02 Å². The predicted molar refractivity (Wildman–Crippen MR) is 125 cm³/mol. The van der Waals surface area contributed by atoms with Gasteiger partial charge in [-0.3, -0.25) is 14.4 Å². The van der Waals surface area contributed by atoms with Crippen LogP contribution in [-0.2, 0) is 19.1 Å². The number of ether oxygens (including phenoxy) is 1. The van der Waals surface area contributed by atoms with E-state index in [4.69, 9.17) is 20.9 Å². The summed E-state index contributed by atoms with van der Waals surface area (Å²) in [6, 6.07) is 16.6. The number of esters is 1. The third-order valence-electron chi connectivity index (χ3n) is 4.23. The van der Waals surface area contributed by atoms with E-state index < -0.39 is 18.5 Å². The second-order valence-electron chi connectivity index (χ2n) is 7.01. The summed E-state index contributed by atoms with van der Waals surface area (Å²) in [5, 5.41) is 9.55. The third-order valence-corrected chi connectivity index (χ3v) is 5.50. The summed E-state index contributed by atoms with van der Waals surface area (Å²) in [7, 11) is 0. The van der Waals surface area contributed by atoms with E-state index in [2.05, 4.69) is 15.8 Å². The average molecular weight is 488 g/mol. The number of hydrogen-bond donors (Lipinski definition) is 2. The molecule has 0 bridgehead atoms. The number of hydrogen-bond acceptors (Lipinski definition) is 7. The fraction of sp³-hybridized carbons (Fsp3) is 0.217. The number of carbonyl (C=O) groups is 3. The summed E-state index contributed by atoms with van der Waals surface area (Å²) in [4.78, 5) is 37.7. The number of nitrogens with zero attached hydrogens (tertiary/aromatic N) is 1. The van der Waals surface area contributed by atoms with E-state index >= 15 is 0 Å². The van der Waals surface area contributed by atoms with Gasteiger partial charge in [-0.2, -0.15) is 0 Å². The molecule has 0 aliphatic carbocycles. The van der Waals surface area contributed by atoms with Gasteiger partial charge in [0.2, 0.25) is 5.91 Å². The van der Waals surface area contributed by atoms with Gasteiger partial charge in [0.1, 0.15) is 5.76 Å². The second kappa shape index (κ2) is 12.1. The van der Waals surface area contributed by atoms with E-state index in [9.17, 15) is 14.4 Å². The van der Waals surface area contributed by atoms with Crippen LogP contribution in [0.15, 0.2) is 68.9 Å². The first-order valence-electron chi connectivity index (χ1n) is 10.1. The summed E-state index contributed by atoms with van der Waals surface area (Å²) in [6.45, 7) is 1.26. The van der Waals surface area contributed by atoms with Gasteiger partial charge in [0, 0.05) is 39.4 Å². The smallest absolute Gasteiger partial charge is 0.306 e. The van der Waals surface area contributed by atoms with Gasteiger partial charge in [-0.05, 0) is 61.9 Å².